The van der Waals surface area contributed by atoms with E-state index in [1.807, 2.05) is 6.92 Å². The van der Waals surface area contributed by atoms with Gasteiger partial charge in [0.15, 0.2) is 0 Å². The molecule has 0 unspecified atom stereocenters. The zero-order valence-corrected chi connectivity index (χ0v) is 10.7. The van der Waals surface area contributed by atoms with Crippen molar-refractivity contribution in [1.29, 1.82) is 0 Å². The van der Waals surface area contributed by atoms with Crippen molar-refractivity contribution in [2.45, 2.75) is 32.8 Å². The molecule has 0 aliphatic carbocycles. The average Bonchev–Trinajstić information content (AvgIpc) is 2.25. The molecule has 0 N–H and O–H groups in total. The number of nitrogens with zero attached hydrogens (tertiary/aromatic N) is 1. The van der Waals surface area contributed by atoms with Crippen LogP contribution in [0.1, 0.15) is 26.7 Å². The van der Waals surface area contributed by atoms with Gasteiger partial charge in [0, 0.05) is 13.1 Å². The van der Waals surface area contributed by atoms with Crippen molar-refractivity contribution in [2.24, 2.45) is 0 Å². The maximum Gasteiger partial charge on any atom is 0.0935 e. The summed E-state index contributed by atoms with van der Waals surface area (Å²) >= 11 is 0. The van der Waals surface area contributed by atoms with Crippen LogP contribution >= 0.6 is 0 Å². The molecule has 0 aromatic rings. The quantitative estimate of drug-likeness (QED) is 0.491. The highest BCUT2D eigenvalue weighted by atomic mass is 16.5. The summed E-state index contributed by atoms with van der Waals surface area (Å²) in [7, 11) is 0. The Morgan fingerprint density at radius 1 is 1.56 bits per heavy atom. The number of hydrogen-bond acceptors (Lipinski definition) is 3. The number of ether oxygens (including phenoxy) is 2. The Hall–Kier alpha value is -0.380. The second-order valence-corrected chi connectivity index (χ2v) is 4.58. The highest BCUT2D eigenvalue weighted by Gasteiger charge is 2.19. The maximum atomic E-state index is 5.67. The summed E-state index contributed by atoms with van der Waals surface area (Å²) in [6, 6.07) is 0. The summed E-state index contributed by atoms with van der Waals surface area (Å²) in [5.41, 5.74) is 1.18. The van der Waals surface area contributed by atoms with Crippen molar-refractivity contribution in [3.8, 4) is 0 Å². The molecule has 0 radical (unpaired) electrons. The van der Waals surface area contributed by atoms with E-state index in [2.05, 4.69) is 18.4 Å². The van der Waals surface area contributed by atoms with Crippen LogP contribution in [0.2, 0.25) is 0 Å². The molecule has 1 atom stereocenters. The Labute approximate surface area is 99.4 Å². The van der Waals surface area contributed by atoms with E-state index < -0.39 is 0 Å². The molecule has 1 rings (SSSR count). The summed E-state index contributed by atoms with van der Waals surface area (Å²) in [6.07, 6.45) is 2.42. The molecule has 3 heteroatoms. The first-order valence-corrected chi connectivity index (χ1v) is 6.28. The smallest absolute Gasteiger partial charge is 0.0935 e. The van der Waals surface area contributed by atoms with Crippen LogP contribution in [0.5, 0.6) is 0 Å². The van der Waals surface area contributed by atoms with Gasteiger partial charge >= 0.3 is 0 Å². The van der Waals surface area contributed by atoms with Crippen molar-refractivity contribution in [1.82, 2.24) is 4.90 Å². The molecule has 0 amide bonds. The molecule has 0 aromatic carbocycles. The Balaban J connectivity index is 2.09. The Morgan fingerprint density at radius 2 is 2.38 bits per heavy atom. The molecule has 16 heavy (non-hydrogen) atoms. The lowest BCUT2D eigenvalue weighted by atomic mass is 10.2. The minimum absolute atomic E-state index is 0.255. The number of rotatable bonds is 7. The van der Waals surface area contributed by atoms with Gasteiger partial charge in [0.1, 0.15) is 0 Å². The van der Waals surface area contributed by atoms with Gasteiger partial charge < -0.3 is 9.47 Å². The highest BCUT2D eigenvalue weighted by molar-refractivity contribution is 4.87. The minimum atomic E-state index is 0.255. The predicted octanol–water partition coefficient (Wildman–Crippen LogP) is 2.08. The molecule has 0 aromatic heterocycles. The van der Waals surface area contributed by atoms with Gasteiger partial charge in [0.05, 0.1) is 25.9 Å². The molecular formula is C13H25NO2. The first kappa shape index (κ1) is 13.7. The summed E-state index contributed by atoms with van der Waals surface area (Å²) in [5.74, 6) is 0. The monoisotopic (exact) mass is 227 g/mol. The fraction of sp³-hybridized carbons (Fsp3) is 0.846. The van der Waals surface area contributed by atoms with E-state index in [0.29, 0.717) is 6.61 Å². The van der Waals surface area contributed by atoms with Gasteiger partial charge in [-0.15, -0.1) is 6.58 Å². The van der Waals surface area contributed by atoms with Crippen molar-refractivity contribution >= 4 is 0 Å². The van der Waals surface area contributed by atoms with Crippen molar-refractivity contribution in [3.05, 3.63) is 12.2 Å². The van der Waals surface area contributed by atoms with Crippen LogP contribution in [0, 0.1) is 0 Å². The third-order valence-electron chi connectivity index (χ3n) is 2.74. The van der Waals surface area contributed by atoms with E-state index in [9.17, 15) is 0 Å². The molecule has 1 heterocycles. The fourth-order valence-electron chi connectivity index (χ4n) is 1.86. The Bertz CT molecular complexity index is 204. The molecule has 1 fully saturated rings. The van der Waals surface area contributed by atoms with Gasteiger partial charge in [-0.05, 0) is 26.3 Å². The van der Waals surface area contributed by atoms with Crippen LogP contribution in [0.4, 0.5) is 0 Å². The molecule has 0 spiro atoms. The van der Waals surface area contributed by atoms with Gasteiger partial charge in [-0.2, -0.15) is 0 Å². The molecule has 3 nitrogen and oxygen atoms in total. The maximum absolute atomic E-state index is 5.67. The molecular weight excluding hydrogens is 202 g/mol. The third kappa shape index (κ3) is 5.64. The van der Waals surface area contributed by atoms with Crippen LogP contribution in [-0.4, -0.2) is 50.5 Å². The van der Waals surface area contributed by atoms with Crippen LogP contribution in [0.25, 0.3) is 0 Å². The van der Waals surface area contributed by atoms with Gasteiger partial charge in [-0.25, -0.2) is 0 Å². The zero-order valence-electron chi connectivity index (χ0n) is 10.7. The largest absolute Gasteiger partial charge is 0.378 e. The van der Waals surface area contributed by atoms with Crippen LogP contribution in [0.3, 0.4) is 0 Å². The second kappa shape index (κ2) is 7.82. The Kier molecular flexibility index (Phi) is 6.69. The lowest BCUT2D eigenvalue weighted by molar-refractivity contribution is -0.0685. The normalized spacial score (nSPS) is 22.2. The molecule has 1 saturated heterocycles. The lowest BCUT2D eigenvalue weighted by Gasteiger charge is -2.32. The van der Waals surface area contributed by atoms with Crippen molar-refractivity contribution in [2.75, 3.05) is 39.5 Å². The SMILES string of the molecule is C=C(C)CCOC[C@H]1CN(CCC)CCO1. The zero-order chi connectivity index (χ0) is 11.8. The van der Waals surface area contributed by atoms with E-state index in [1.165, 1.54) is 18.5 Å². The third-order valence-corrected chi connectivity index (χ3v) is 2.74. The summed E-state index contributed by atoms with van der Waals surface area (Å²) in [4.78, 5) is 2.45. The first-order valence-electron chi connectivity index (χ1n) is 6.28. The van der Waals surface area contributed by atoms with E-state index in [4.69, 9.17) is 9.47 Å². The second-order valence-electron chi connectivity index (χ2n) is 4.58. The van der Waals surface area contributed by atoms with Crippen molar-refractivity contribution < 1.29 is 9.47 Å². The van der Waals surface area contributed by atoms with Crippen LogP contribution in [0.15, 0.2) is 12.2 Å². The summed E-state index contributed by atoms with van der Waals surface area (Å²) in [5, 5.41) is 0. The topological polar surface area (TPSA) is 21.7 Å². The molecule has 0 bridgehead atoms. The van der Waals surface area contributed by atoms with E-state index in [-0.39, 0.29) is 6.10 Å². The number of morpholine rings is 1. The Morgan fingerprint density at radius 3 is 3.06 bits per heavy atom. The van der Waals surface area contributed by atoms with Crippen molar-refractivity contribution in [3.63, 3.8) is 0 Å². The highest BCUT2D eigenvalue weighted by Crippen LogP contribution is 2.06. The first-order chi connectivity index (χ1) is 7.72. The van der Waals surface area contributed by atoms with Gasteiger partial charge in [0.25, 0.3) is 0 Å². The standard InChI is InChI=1S/C13H25NO2/c1-4-6-14-7-9-16-13(10-14)11-15-8-5-12(2)3/h13H,2,4-11H2,1,3H3/t13-/m1/s1. The molecule has 1 aliphatic heterocycles. The average molecular weight is 227 g/mol. The summed E-state index contributed by atoms with van der Waals surface area (Å²) in [6.45, 7) is 13.7. The molecule has 94 valence electrons. The lowest BCUT2D eigenvalue weighted by Crippen LogP contribution is -2.44. The van der Waals surface area contributed by atoms with E-state index >= 15 is 0 Å². The number of hydrogen-bond donors (Lipinski definition) is 0. The van der Waals surface area contributed by atoms with Gasteiger partial charge in [0.2, 0.25) is 0 Å². The van der Waals surface area contributed by atoms with E-state index in [1.54, 1.807) is 0 Å². The minimum Gasteiger partial charge on any atom is -0.378 e. The predicted molar refractivity (Wildman–Crippen MR) is 66.7 cm³/mol. The van der Waals surface area contributed by atoms with Gasteiger partial charge in [-0.1, -0.05) is 12.5 Å². The van der Waals surface area contributed by atoms with Crippen LogP contribution in [-0.2, 0) is 9.47 Å². The van der Waals surface area contributed by atoms with Gasteiger partial charge in [-0.3, -0.25) is 4.90 Å². The van der Waals surface area contributed by atoms with Crippen LogP contribution < -0.4 is 0 Å². The fourth-order valence-corrected chi connectivity index (χ4v) is 1.86. The molecule has 1 aliphatic rings. The molecule has 0 saturated carbocycles. The van der Waals surface area contributed by atoms with E-state index in [0.717, 1.165) is 32.7 Å². The summed E-state index contributed by atoms with van der Waals surface area (Å²) < 4.78 is 11.3.